The number of ether oxygens (including phenoxy) is 1. The predicted molar refractivity (Wildman–Crippen MR) is 59.1 cm³/mol. The Morgan fingerprint density at radius 3 is 2.44 bits per heavy atom. The van der Waals surface area contributed by atoms with Crippen molar-refractivity contribution in [2.75, 3.05) is 32.9 Å². The largest absolute Gasteiger partial charge is 0.450 e. The van der Waals surface area contributed by atoms with Gasteiger partial charge in [0.1, 0.15) is 0 Å². The highest BCUT2D eigenvalue weighted by Crippen LogP contribution is 2.34. The van der Waals surface area contributed by atoms with Crippen LogP contribution in [-0.4, -0.2) is 54.1 Å². The highest BCUT2D eigenvalue weighted by atomic mass is 16.6. The molecule has 5 heteroatoms. The number of carbonyl (C=O) groups excluding carboxylic acids is 1. The fraction of sp³-hybridized carbons (Fsp3) is 0.909. The second-order valence-electron chi connectivity index (χ2n) is 4.32. The van der Waals surface area contributed by atoms with Crippen molar-refractivity contribution < 1.29 is 19.7 Å². The Kier molecular flexibility index (Phi) is 5.02. The van der Waals surface area contributed by atoms with Crippen molar-refractivity contribution in [2.45, 2.75) is 26.2 Å². The summed E-state index contributed by atoms with van der Waals surface area (Å²) in [6.45, 7) is 3.52. The summed E-state index contributed by atoms with van der Waals surface area (Å²) >= 11 is 0. The van der Waals surface area contributed by atoms with E-state index in [9.17, 15) is 9.90 Å². The monoisotopic (exact) mass is 231 g/mol. The number of carbonyl (C=O) groups is 1. The summed E-state index contributed by atoms with van der Waals surface area (Å²) in [5.41, 5.74) is -0.211. The first kappa shape index (κ1) is 13.3. The topological polar surface area (TPSA) is 70.0 Å². The van der Waals surface area contributed by atoms with Crippen LogP contribution in [0, 0.1) is 5.41 Å². The molecule has 5 nitrogen and oxygen atoms in total. The molecular weight excluding hydrogens is 210 g/mol. The van der Waals surface area contributed by atoms with E-state index in [1.165, 1.54) is 0 Å². The number of amides is 1. The number of nitrogens with zero attached hydrogens (tertiary/aromatic N) is 1. The van der Waals surface area contributed by atoms with Crippen molar-refractivity contribution in [1.82, 2.24) is 4.90 Å². The van der Waals surface area contributed by atoms with Gasteiger partial charge in [-0.15, -0.1) is 0 Å². The Hall–Kier alpha value is -0.810. The van der Waals surface area contributed by atoms with Crippen LogP contribution in [-0.2, 0) is 4.74 Å². The summed E-state index contributed by atoms with van der Waals surface area (Å²) in [5.74, 6) is 0. The van der Waals surface area contributed by atoms with E-state index in [2.05, 4.69) is 0 Å². The summed E-state index contributed by atoms with van der Waals surface area (Å²) in [6, 6.07) is 0. The summed E-state index contributed by atoms with van der Waals surface area (Å²) in [6.07, 6.45) is 1.77. The minimum Gasteiger partial charge on any atom is -0.450 e. The third-order valence-electron chi connectivity index (χ3n) is 3.33. The van der Waals surface area contributed by atoms with E-state index < -0.39 is 0 Å². The van der Waals surface area contributed by atoms with Crippen LogP contribution in [0.3, 0.4) is 0 Å². The molecule has 0 bridgehead atoms. The molecule has 94 valence electrons. The number of hydrogen-bond donors (Lipinski definition) is 2. The lowest BCUT2D eigenvalue weighted by molar-refractivity contribution is 0.0200. The molecule has 0 spiro atoms. The number of rotatable bonds is 4. The van der Waals surface area contributed by atoms with E-state index in [4.69, 9.17) is 9.84 Å². The Balaban J connectivity index is 2.45. The first-order valence-corrected chi connectivity index (χ1v) is 5.81. The predicted octanol–water partition coefficient (Wildman–Crippen LogP) is 0.600. The second kappa shape index (κ2) is 6.06. The van der Waals surface area contributed by atoms with Crippen LogP contribution in [0.5, 0.6) is 0 Å². The number of piperidine rings is 1. The molecule has 1 saturated heterocycles. The van der Waals surface area contributed by atoms with Gasteiger partial charge in [0.25, 0.3) is 0 Å². The molecule has 0 aliphatic carbocycles. The molecule has 0 aromatic rings. The van der Waals surface area contributed by atoms with E-state index in [1.807, 2.05) is 0 Å². The Labute approximate surface area is 96.0 Å². The maximum atomic E-state index is 11.4. The van der Waals surface area contributed by atoms with E-state index in [0.29, 0.717) is 26.1 Å². The van der Waals surface area contributed by atoms with Crippen molar-refractivity contribution >= 4 is 6.09 Å². The molecule has 0 unspecified atom stereocenters. The van der Waals surface area contributed by atoms with E-state index >= 15 is 0 Å². The van der Waals surface area contributed by atoms with Crippen molar-refractivity contribution in [2.24, 2.45) is 5.41 Å². The normalized spacial score (nSPS) is 19.6. The highest BCUT2D eigenvalue weighted by molar-refractivity contribution is 5.67. The molecule has 1 fully saturated rings. The molecule has 2 N–H and O–H groups in total. The molecule has 0 aromatic heterocycles. The average Bonchev–Trinajstić information content (AvgIpc) is 2.30. The molecule has 0 aromatic carbocycles. The molecule has 1 amide bonds. The van der Waals surface area contributed by atoms with Gasteiger partial charge < -0.3 is 19.8 Å². The molecule has 0 saturated carbocycles. The molecule has 0 radical (unpaired) electrons. The number of aliphatic hydroxyl groups is 2. The molecule has 1 aliphatic heterocycles. The fourth-order valence-corrected chi connectivity index (χ4v) is 2.10. The van der Waals surface area contributed by atoms with E-state index in [0.717, 1.165) is 12.8 Å². The van der Waals surface area contributed by atoms with Gasteiger partial charge in [-0.3, -0.25) is 0 Å². The lowest BCUT2D eigenvalue weighted by Crippen LogP contribution is -2.45. The van der Waals surface area contributed by atoms with Crippen LogP contribution in [0.1, 0.15) is 26.2 Å². The van der Waals surface area contributed by atoms with Crippen LogP contribution in [0.4, 0.5) is 4.79 Å². The van der Waals surface area contributed by atoms with Crippen LogP contribution in [0.2, 0.25) is 0 Å². The number of hydrogen-bond acceptors (Lipinski definition) is 4. The van der Waals surface area contributed by atoms with Crippen molar-refractivity contribution in [3.8, 4) is 0 Å². The fourth-order valence-electron chi connectivity index (χ4n) is 2.10. The van der Waals surface area contributed by atoms with Crippen LogP contribution in [0.25, 0.3) is 0 Å². The lowest BCUT2D eigenvalue weighted by atomic mass is 9.77. The zero-order valence-electron chi connectivity index (χ0n) is 9.81. The molecule has 1 heterocycles. The maximum Gasteiger partial charge on any atom is 0.409 e. The van der Waals surface area contributed by atoms with Crippen molar-refractivity contribution in [3.05, 3.63) is 0 Å². The summed E-state index contributed by atoms with van der Waals surface area (Å²) in [7, 11) is 0. The zero-order chi connectivity index (χ0) is 12.0. The molecule has 16 heavy (non-hydrogen) atoms. The number of aliphatic hydroxyl groups excluding tert-OH is 2. The van der Waals surface area contributed by atoms with Gasteiger partial charge in [0.2, 0.25) is 0 Å². The molecular formula is C11H21NO4. The maximum absolute atomic E-state index is 11.4. The third kappa shape index (κ3) is 3.09. The first-order valence-electron chi connectivity index (χ1n) is 5.81. The number of likely N-dealkylation sites (tertiary alicyclic amines) is 1. The van der Waals surface area contributed by atoms with Gasteiger partial charge in [-0.2, -0.15) is 0 Å². The van der Waals surface area contributed by atoms with Crippen LogP contribution < -0.4 is 0 Å². The Morgan fingerprint density at radius 1 is 1.38 bits per heavy atom. The zero-order valence-corrected chi connectivity index (χ0v) is 9.81. The highest BCUT2D eigenvalue weighted by Gasteiger charge is 2.35. The minimum absolute atomic E-state index is 0.0736. The van der Waals surface area contributed by atoms with Gasteiger partial charge in [0.15, 0.2) is 0 Å². The molecule has 1 aliphatic rings. The summed E-state index contributed by atoms with van der Waals surface area (Å²) in [4.78, 5) is 13.1. The third-order valence-corrected chi connectivity index (χ3v) is 3.33. The quantitative estimate of drug-likeness (QED) is 0.743. The van der Waals surface area contributed by atoms with Crippen LogP contribution >= 0.6 is 0 Å². The van der Waals surface area contributed by atoms with Gasteiger partial charge in [-0.25, -0.2) is 4.79 Å². The van der Waals surface area contributed by atoms with Gasteiger partial charge in [-0.05, 0) is 31.6 Å². The van der Waals surface area contributed by atoms with Gasteiger partial charge in [0, 0.05) is 26.3 Å². The second-order valence-corrected chi connectivity index (χ2v) is 4.32. The SMILES string of the molecule is CCOC(=O)N1CCC(CO)(CCO)CC1. The minimum atomic E-state index is -0.280. The van der Waals surface area contributed by atoms with Crippen molar-refractivity contribution in [3.63, 3.8) is 0 Å². The standard InChI is InChI=1S/C11H21NO4/c1-2-16-10(15)12-6-3-11(9-14,4-7-12)5-8-13/h13-14H,2-9H2,1H3. The lowest BCUT2D eigenvalue weighted by Gasteiger charge is -2.39. The van der Waals surface area contributed by atoms with E-state index in [1.54, 1.807) is 11.8 Å². The first-order chi connectivity index (χ1) is 7.67. The Bertz CT molecular complexity index is 224. The molecule has 0 atom stereocenters. The smallest absolute Gasteiger partial charge is 0.409 e. The van der Waals surface area contributed by atoms with Crippen molar-refractivity contribution in [1.29, 1.82) is 0 Å². The van der Waals surface area contributed by atoms with E-state index in [-0.39, 0.29) is 24.7 Å². The average molecular weight is 231 g/mol. The Morgan fingerprint density at radius 2 is 2.00 bits per heavy atom. The summed E-state index contributed by atoms with van der Waals surface area (Å²) in [5, 5.41) is 18.3. The van der Waals surface area contributed by atoms with Gasteiger partial charge in [0.05, 0.1) is 6.61 Å². The van der Waals surface area contributed by atoms with Gasteiger partial charge in [-0.1, -0.05) is 0 Å². The van der Waals surface area contributed by atoms with Crippen LogP contribution in [0.15, 0.2) is 0 Å². The summed E-state index contributed by atoms with van der Waals surface area (Å²) < 4.78 is 4.92. The molecule has 1 rings (SSSR count). The van der Waals surface area contributed by atoms with Gasteiger partial charge >= 0.3 is 6.09 Å².